The molecule has 3 rings (SSSR count). The Bertz CT molecular complexity index is 695. The Hall–Kier alpha value is -1.06. The van der Waals surface area contributed by atoms with Gasteiger partial charge in [0.2, 0.25) is 0 Å². The minimum atomic E-state index is 0. The van der Waals surface area contributed by atoms with E-state index in [1.807, 2.05) is 19.1 Å². The van der Waals surface area contributed by atoms with Crippen molar-refractivity contribution < 1.29 is 0 Å². The van der Waals surface area contributed by atoms with E-state index in [0.717, 1.165) is 48.3 Å². The van der Waals surface area contributed by atoms with Crippen LogP contribution in [-0.4, -0.2) is 48.6 Å². The van der Waals surface area contributed by atoms with Gasteiger partial charge in [0.25, 0.3) is 0 Å². The fourth-order valence-electron chi connectivity index (χ4n) is 2.75. The van der Waals surface area contributed by atoms with Crippen LogP contribution in [0.5, 0.6) is 0 Å². The molecule has 0 amide bonds. The van der Waals surface area contributed by atoms with Gasteiger partial charge in [-0.1, -0.05) is 11.6 Å². The highest BCUT2D eigenvalue weighted by Gasteiger charge is 2.18. The van der Waals surface area contributed by atoms with Crippen LogP contribution in [-0.2, 0) is 6.42 Å². The summed E-state index contributed by atoms with van der Waals surface area (Å²) in [5.74, 6) is 0.637. The van der Waals surface area contributed by atoms with Crippen LogP contribution in [0.3, 0.4) is 0 Å². The fraction of sp³-hybridized carbons (Fsp3) is 0.412. The lowest BCUT2D eigenvalue weighted by Crippen LogP contribution is -2.51. The van der Waals surface area contributed by atoms with Crippen molar-refractivity contribution in [3.63, 3.8) is 0 Å². The average Bonchev–Trinajstić information content (AvgIpc) is 3.01. The van der Waals surface area contributed by atoms with Gasteiger partial charge >= 0.3 is 0 Å². The maximum atomic E-state index is 6.14. The number of nitrogens with two attached hydrogens (primary N) is 1. The summed E-state index contributed by atoms with van der Waals surface area (Å²) < 4.78 is 0. The summed E-state index contributed by atoms with van der Waals surface area (Å²) in [5.41, 5.74) is 8.44. The third-order valence-electron chi connectivity index (χ3n) is 4.10. The van der Waals surface area contributed by atoms with Crippen molar-refractivity contribution in [1.29, 1.82) is 0 Å². The van der Waals surface area contributed by atoms with Crippen LogP contribution in [0.15, 0.2) is 34.6 Å². The van der Waals surface area contributed by atoms with Crippen molar-refractivity contribution in [2.45, 2.75) is 13.3 Å². The van der Waals surface area contributed by atoms with Gasteiger partial charge in [-0.25, -0.2) is 4.98 Å². The molecule has 1 aromatic carbocycles. The smallest absolute Gasteiger partial charge is 0.191 e. The van der Waals surface area contributed by atoms with Crippen molar-refractivity contribution >= 4 is 58.6 Å². The van der Waals surface area contributed by atoms with E-state index in [-0.39, 0.29) is 24.0 Å². The normalized spacial score (nSPS) is 15.2. The van der Waals surface area contributed by atoms with Crippen molar-refractivity contribution in [3.05, 3.63) is 45.4 Å². The summed E-state index contributed by atoms with van der Waals surface area (Å²) in [6, 6.07) is 7.98. The van der Waals surface area contributed by atoms with Crippen LogP contribution in [0, 0.1) is 6.92 Å². The predicted octanol–water partition coefficient (Wildman–Crippen LogP) is 3.40. The molecule has 2 aromatic rings. The molecule has 1 fully saturated rings. The zero-order valence-corrected chi connectivity index (χ0v) is 18.1. The van der Waals surface area contributed by atoms with Crippen LogP contribution in [0.1, 0.15) is 10.7 Å². The Kier molecular flexibility index (Phi) is 7.77. The summed E-state index contributed by atoms with van der Waals surface area (Å²) in [6.07, 6.45) is 0.843. The molecule has 1 aliphatic rings. The molecular weight excluding hydrogens is 469 g/mol. The Morgan fingerprint density at radius 1 is 1.24 bits per heavy atom. The number of nitrogens with zero attached hydrogens (tertiary/aromatic N) is 4. The van der Waals surface area contributed by atoms with E-state index >= 15 is 0 Å². The van der Waals surface area contributed by atoms with Crippen LogP contribution in [0.4, 0.5) is 5.69 Å². The highest BCUT2D eigenvalue weighted by Crippen LogP contribution is 2.19. The Morgan fingerprint density at radius 3 is 2.52 bits per heavy atom. The first kappa shape index (κ1) is 20.3. The molecule has 2 N–H and O–H groups in total. The molecule has 0 aliphatic carbocycles. The Morgan fingerprint density at radius 2 is 1.92 bits per heavy atom. The monoisotopic (exact) mass is 491 g/mol. The van der Waals surface area contributed by atoms with Gasteiger partial charge in [-0.15, -0.1) is 35.3 Å². The van der Waals surface area contributed by atoms with Gasteiger partial charge in [-0.3, -0.25) is 4.99 Å². The van der Waals surface area contributed by atoms with Crippen LogP contribution < -0.4 is 10.6 Å². The van der Waals surface area contributed by atoms with Crippen molar-refractivity contribution in [3.8, 4) is 0 Å². The minimum absolute atomic E-state index is 0. The first-order valence-corrected chi connectivity index (χ1v) is 9.34. The lowest BCUT2D eigenvalue weighted by atomic mass is 10.2. The molecule has 8 heteroatoms. The predicted molar refractivity (Wildman–Crippen MR) is 118 cm³/mol. The van der Waals surface area contributed by atoms with E-state index in [0.29, 0.717) is 12.5 Å². The number of thiazole rings is 1. The molecule has 0 atom stereocenters. The van der Waals surface area contributed by atoms with Crippen molar-refractivity contribution in [1.82, 2.24) is 9.88 Å². The third-order valence-corrected chi connectivity index (χ3v) is 5.18. The molecule has 0 unspecified atom stereocenters. The Labute approximate surface area is 174 Å². The number of rotatable bonds is 4. The van der Waals surface area contributed by atoms with Gasteiger partial charge in [0.1, 0.15) is 0 Å². The number of hydrogen-bond donors (Lipinski definition) is 1. The molecule has 5 nitrogen and oxygen atoms in total. The van der Waals surface area contributed by atoms with E-state index < -0.39 is 0 Å². The summed E-state index contributed by atoms with van der Waals surface area (Å²) in [5, 5.41) is 3.95. The SMILES string of the molecule is Cc1nc(CCN=C(N)N2CCN(c3ccc(Cl)cc3)CC2)cs1.I. The lowest BCUT2D eigenvalue weighted by molar-refractivity contribution is 0.381. The Balaban J connectivity index is 0.00000225. The number of aryl methyl sites for hydroxylation is 1. The van der Waals surface area contributed by atoms with E-state index in [1.54, 1.807) is 11.3 Å². The molecule has 0 radical (unpaired) electrons. The lowest BCUT2D eigenvalue weighted by Gasteiger charge is -2.36. The largest absolute Gasteiger partial charge is 0.370 e. The van der Waals surface area contributed by atoms with E-state index in [2.05, 4.69) is 37.3 Å². The third kappa shape index (κ3) is 5.72. The number of benzene rings is 1. The van der Waals surface area contributed by atoms with E-state index in [4.69, 9.17) is 17.3 Å². The molecule has 0 spiro atoms. The molecule has 25 heavy (non-hydrogen) atoms. The first-order valence-electron chi connectivity index (χ1n) is 8.08. The second-order valence-corrected chi connectivity index (χ2v) is 7.30. The molecular formula is C17H23ClIN5S. The van der Waals surface area contributed by atoms with Gasteiger partial charge < -0.3 is 15.5 Å². The molecule has 2 heterocycles. The van der Waals surface area contributed by atoms with Gasteiger partial charge in [-0.2, -0.15) is 0 Å². The van der Waals surface area contributed by atoms with Gasteiger partial charge in [0.15, 0.2) is 5.96 Å². The number of piperazine rings is 1. The number of halogens is 2. The van der Waals surface area contributed by atoms with Crippen LogP contribution in [0.2, 0.25) is 5.02 Å². The van der Waals surface area contributed by atoms with Crippen LogP contribution in [0.25, 0.3) is 0 Å². The molecule has 136 valence electrons. The highest BCUT2D eigenvalue weighted by molar-refractivity contribution is 14.0. The summed E-state index contributed by atoms with van der Waals surface area (Å²) >= 11 is 7.62. The number of aromatic nitrogens is 1. The van der Waals surface area contributed by atoms with Gasteiger partial charge in [0, 0.05) is 55.2 Å². The van der Waals surface area contributed by atoms with Crippen molar-refractivity contribution in [2.24, 2.45) is 10.7 Å². The molecule has 0 saturated carbocycles. The topological polar surface area (TPSA) is 57.8 Å². The van der Waals surface area contributed by atoms with E-state index in [9.17, 15) is 0 Å². The maximum Gasteiger partial charge on any atom is 0.191 e. The standard InChI is InChI=1S/C17H22ClN5S.HI/c1-13-21-15(12-24-13)6-7-20-17(19)23-10-8-22(9-11-23)16-4-2-14(18)3-5-16;/h2-5,12H,6-11H2,1H3,(H2,19,20);1H. The minimum Gasteiger partial charge on any atom is -0.370 e. The number of guanidine groups is 1. The number of aliphatic imine (C=N–C) groups is 1. The van der Waals surface area contributed by atoms with Gasteiger partial charge in [0.05, 0.1) is 10.7 Å². The number of anilines is 1. The quantitative estimate of drug-likeness (QED) is 0.405. The van der Waals surface area contributed by atoms with Crippen LogP contribution >= 0.6 is 46.9 Å². The summed E-state index contributed by atoms with van der Waals surface area (Å²) in [7, 11) is 0. The maximum absolute atomic E-state index is 6.14. The van der Waals surface area contributed by atoms with Gasteiger partial charge in [-0.05, 0) is 31.2 Å². The second kappa shape index (κ2) is 9.59. The highest BCUT2D eigenvalue weighted by atomic mass is 127. The summed E-state index contributed by atoms with van der Waals surface area (Å²) in [6.45, 7) is 6.34. The molecule has 1 aliphatic heterocycles. The molecule has 1 saturated heterocycles. The van der Waals surface area contributed by atoms with Crippen molar-refractivity contribution in [2.75, 3.05) is 37.6 Å². The molecule has 0 bridgehead atoms. The van der Waals surface area contributed by atoms with E-state index in [1.165, 1.54) is 5.69 Å². The molecule has 1 aromatic heterocycles. The zero-order valence-electron chi connectivity index (χ0n) is 14.2. The zero-order chi connectivity index (χ0) is 16.9. The first-order chi connectivity index (χ1) is 11.6. The summed E-state index contributed by atoms with van der Waals surface area (Å²) in [4.78, 5) is 13.5. The second-order valence-electron chi connectivity index (χ2n) is 5.80. The number of hydrogen-bond acceptors (Lipinski definition) is 4. The fourth-order valence-corrected chi connectivity index (χ4v) is 3.53. The average molecular weight is 492 g/mol.